The van der Waals surface area contributed by atoms with E-state index >= 15 is 0 Å². The molecule has 5 heterocycles. The second-order valence-electron chi connectivity index (χ2n) is 6.96. The van der Waals surface area contributed by atoms with Crippen molar-refractivity contribution in [1.29, 1.82) is 0 Å². The Hall–Kier alpha value is -3.04. The first-order valence-electron chi connectivity index (χ1n) is 9.40. The summed E-state index contributed by atoms with van der Waals surface area (Å²) in [6.45, 7) is 5.49. The largest absolute Gasteiger partial charge is 0.458 e. The molecule has 9 heteroatoms. The van der Waals surface area contributed by atoms with Crippen molar-refractivity contribution in [3.63, 3.8) is 0 Å². The van der Waals surface area contributed by atoms with Gasteiger partial charge in [0.05, 0.1) is 17.4 Å². The van der Waals surface area contributed by atoms with Crippen LogP contribution in [0.15, 0.2) is 41.1 Å². The van der Waals surface area contributed by atoms with Crippen molar-refractivity contribution >= 4 is 38.7 Å². The van der Waals surface area contributed by atoms with Crippen molar-refractivity contribution in [2.75, 3.05) is 26.2 Å². The number of amides is 1. The Kier molecular flexibility index (Phi) is 4.61. The molecule has 8 nitrogen and oxygen atoms in total. The van der Waals surface area contributed by atoms with Gasteiger partial charge in [0.15, 0.2) is 17.0 Å². The van der Waals surface area contributed by atoms with Crippen molar-refractivity contribution in [2.24, 2.45) is 0 Å². The van der Waals surface area contributed by atoms with Crippen LogP contribution >= 0.6 is 11.3 Å². The van der Waals surface area contributed by atoms with Crippen molar-refractivity contribution in [2.45, 2.75) is 13.5 Å². The quantitative estimate of drug-likeness (QED) is 0.511. The number of fused-ring (bicyclic) bond motifs is 2. The molecular weight excluding hydrogens is 390 g/mol. The smallest absolute Gasteiger partial charge is 0.281 e. The average Bonchev–Trinajstić information content (AvgIpc) is 3.30. The number of ether oxygens (including phenoxy) is 1. The predicted octanol–water partition coefficient (Wildman–Crippen LogP) is 3.29. The number of furan rings is 1. The molecule has 0 spiro atoms. The number of carbonyl (C=O) groups is 1. The minimum absolute atomic E-state index is 0.133. The van der Waals surface area contributed by atoms with Gasteiger partial charge in [0, 0.05) is 51.4 Å². The molecule has 0 N–H and O–H groups in total. The maximum atomic E-state index is 11.5. The van der Waals surface area contributed by atoms with Crippen LogP contribution < -0.4 is 4.74 Å². The monoisotopic (exact) mass is 409 g/mol. The minimum atomic E-state index is 0.133. The summed E-state index contributed by atoms with van der Waals surface area (Å²) in [6.07, 6.45) is 3.39. The molecule has 5 rings (SSSR count). The Morgan fingerprint density at radius 3 is 2.90 bits per heavy atom. The van der Waals surface area contributed by atoms with Gasteiger partial charge in [0.2, 0.25) is 5.91 Å². The molecule has 0 unspecified atom stereocenters. The highest BCUT2D eigenvalue weighted by Crippen LogP contribution is 2.31. The molecule has 4 aromatic rings. The fourth-order valence-corrected chi connectivity index (χ4v) is 4.21. The zero-order chi connectivity index (χ0) is 19.8. The molecule has 0 radical (unpaired) electrons. The molecule has 4 aromatic heterocycles. The van der Waals surface area contributed by atoms with E-state index in [9.17, 15) is 4.79 Å². The topological polar surface area (TPSA) is 84.6 Å². The molecule has 0 atom stereocenters. The highest BCUT2D eigenvalue weighted by Gasteiger charge is 2.20. The summed E-state index contributed by atoms with van der Waals surface area (Å²) in [5, 5.41) is 0.523. The van der Waals surface area contributed by atoms with Gasteiger partial charge in [-0.1, -0.05) is 11.3 Å². The maximum Gasteiger partial charge on any atom is 0.281 e. The number of nitrogens with zero attached hydrogens (tertiary/aromatic N) is 5. The first-order valence-corrected chi connectivity index (χ1v) is 10.2. The zero-order valence-electron chi connectivity index (χ0n) is 15.9. The lowest BCUT2D eigenvalue weighted by Crippen LogP contribution is -2.47. The molecule has 1 aliphatic heterocycles. The normalized spacial score (nSPS) is 15.3. The van der Waals surface area contributed by atoms with Crippen LogP contribution in [0, 0.1) is 0 Å². The summed E-state index contributed by atoms with van der Waals surface area (Å²) in [6, 6.07) is 7.63. The lowest BCUT2D eigenvalue weighted by Gasteiger charge is -2.33. The fraction of sp³-hybridized carbons (Fsp3) is 0.300. The first-order chi connectivity index (χ1) is 14.1. The molecular formula is C20H19N5O3S. The van der Waals surface area contributed by atoms with E-state index in [4.69, 9.17) is 9.15 Å². The van der Waals surface area contributed by atoms with Gasteiger partial charge in [-0.3, -0.25) is 9.69 Å². The Morgan fingerprint density at radius 1 is 1.24 bits per heavy atom. The number of hydrogen-bond donors (Lipinski definition) is 0. The molecule has 0 saturated carbocycles. The third kappa shape index (κ3) is 3.79. The summed E-state index contributed by atoms with van der Waals surface area (Å²) in [5.41, 5.74) is 2.14. The van der Waals surface area contributed by atoms with Crippen LogP contribution in [0.1, 0.15) is 12.7 Å². The molecule has 1 amide bonds. The molecule has 29 heavy (non-hydrogen) atoms. The van der Waals surface area contributed by atoms with Gasteiger partial charge < -0.3 is 14.1 Å². The van der Waals surface area contributed by atoms with Crippen molar-refractivity contribution < 1.29 is 13.9 Å². The summed E-state index contributed by atoms with van der Waals surface area (Å²) in [5.74, 6) is 1.56. The van der Waals surface area contributed by atoms with E-state index in [1.807, 2.05) is 29.2 Å². The van der Waals surface area contributed by atoms with Crippen LogP contribution in [0.4, 0.5) is 0 Å². The van der Waals surface area contributed by atoms with Crippen molar-refractivity contribution in [3.05, 3.63) is 42.4 Å². The molecule has 0 aliphatic carbocycles. The van der Waals surface area contributed by atoms with E-state index in [0.717, 1.165) is 42.2 Å². The van der Waals surface area contributed by atoms with Crippen LogP contribution in [0.25, 0.3) is 21.4 Å². The molecule has 1 fully saturated rings. The Bertz CT molecular complexity index is 1150. The van der Waals surface area contributed by atoms with Crippen molar-refractivity contribution in [3.8, 4) is 10.9 Å². The molecule has 0 aromatic carbocycles. The Morgan fingerprint density at radius 2 is 2.10 bits per heavy atom. The standard InChI is InChI=1S/C20H19N5O3S/c1-13(26)25-7-5-24(6-8-25)12-15-9-16-17(27-15)10-14(11-22-16)28-20-23-19-18(29-20)3-2-4-21-19/h2-4,9-11H,5-8,12H2,1H3. The first kappa shape index (κ1) is 18.0. The van der Waals surface area contributed by atoms with E-state index in [1.54, 1.807) is 19.3 Å². The van der Waals surface area contributed by atoms with E-state index in [0.29, 0.717) is 28.7 Å². The van der Waals surface area contributed by atoms with Crippen LogP contribution in [0.5, 0.6) is 10.9 Å². The van der Waals surface area contributed by atoms with E-state index < -0.39 is 0 Å². The lowest BCUT2D eigenvalue weighted by atomic mass is 10.3. The van der Waals surface area contributed by atoms with Crippen molar-refractivity contribution in [1.82, 2.24) is 24.8 Å². The second kappa shape index (κ2) is 7.41. The number of aromatic nitrogens is 3. The van der Waals surface area contributed by atoms with E-state index in [1.165, 1.54) is 11.3 Å². The van der Waals surface area contributed by atoms with Gasteiger partial charge in [0.25, 0.3) is 5.19 Å². The maximum absolute atomic E-state index is 11.5. The molecule has 1 aliphatic rings. The summed E-state index contributed by atoms with van der Waals surface area (Å²) < 4.78 is 12.8. The van der Waals surface area contributed by atoms with Gasteiger partial charge in [-0.05, 0) is 12.1 Å². The summed E-state index contributed by atoms with van der Waals surface area (Å²) in [4.78, 5) is 28.7. The number of rotatable bonds is 4. The number of carbonyl (C=O) groups excluding carboxylic acids is 1. The third-order valence-corrected chi connectivity index (χ3v) is 5.83. The van der Waals surface area contributed by atoms with Crippen LogP contribution in [0.2, 0.25) is 0 Å². The molecule has 0 bridgehead atoms. The van der Waals surface area contributed by atoms with Gasteiger partial charge >= 0.3 is 0 Å². The van der Waals surface area contributed by atoms with Crippen LogP contribution in [-0.2, 0) is 11.3 Å². The SMILES string of the molecule is CC(=O)N1CCN(Cc2cc3ncc(Oc4nc5ncccc5s4)cc3o2)CC1. The predicted molar refractivity (Wildman–Crippen MR) is 109 cm³/mol. The number of thiazole rings is 1. The van der Waals surface area contributed by atoms with Crippen LogP contribution in [0.3, 0.4) is 0 Å². The second-order valence-corrected chi connectivity index (χ2v) is 7.95. The van der Waals surface area contributed by atoms with Gasteiger partial charge in [-0.15, -0.1) is 0 Å². The van der Waals surface area contributed by atoms with Crippen LogP contribution in [-0.4, -0.2) is 56.8 Å². The number of pyridine rings is 2. The zero-order valence-corrected chi connectivity index (χ0v) is 16.7. The summed E-state index contributed by atoms with van der Waals surface area (Å²) in [7, 11) is 0. The van der Waals surface area contributed by atoms with Gasteiger partial charge in [-0.2, -0.15) is 4.98 Å². The number of hydrogen-bond acceptors (Lipinski definition) is 8. The average molecular weight is 409 g/mol. The third-order valence-electron chi connectivity index (χ3n) is 4.94. The van der Waals surface area contributed by atoms with E-state index in [-0.39, 0.29) is 5.91 Å². The Balaban J connectivity index is 1.29. The van der Waals surface area contributed by atoms with E-state index in [2.05, 4.69) is 19.9 Å². The highest BCUT2D eigenvalue weighted by atomic mass is 32.1. The number of piperazine rings is 1. The van der Waals surface area contributed by atoms with Gasteiger partial charge in [-0.25, -0.2) is 9.97 Å². The minimum Gasteiger partial charge on any atom is -0.458 e. The molecule has 1 saturated heterocycles. The Labute approximate surface area is 170 Å². The fourth-order valence-electron chi connectivity index (χ4n) is 3.42. The van der Waals surface area contributed by atoms with Gasteiger partial charge in [0.1, 0.15) is 11.3 Å². The highest BCUT2D eigenvalue weighted by molar-refractivity contribution is 7.20. The summed E-state index contributed by atoms with van der Waals surface area (Å²) >= 11 is 1.44. The molecule has 148 valence electrons. The lowest BCUT2D eigenvalue weighted by molar-refractivity contribution is -0.130.